The van der Waals surface area contributed by atoms with E-state index in [9.17, 15) is 4.79 Å². The maximum Gasteiger partial charge on any atom is 0.270 e. The molecule has 120 valence electrons. The quantitative estimate of drug-likeness (QED) is 0.933. The van der Waals surface area contributed by atoms with Crippen LogP contribution in [0.4, 0.5) is 5.69 Å². The van der Waals surface area contributed by atoms with E-state index in [1.165, 1.54) is 18.4 Å². The zero-order valence-corrected chi connectivity index (χ0v) is 13.8. The van der Waals surface area contributed by atoms with Crippen LogP contribution in [-0.2, 0) is 11.2 Å². The number of nitrogens with zero attached hydrogens (tertiary/aromatic N) is 1. The van der Waals surface area contributed by atoms with E-state index >= 15 is 0 Å². The Morgan fingerprint density at radius 3 is 2.73 bits per heavy atom. The van der Waals surface area contributed by atoms with Gasteiger partial charge in [0.1, 0.15) is 5.75 Å². The first-order chi connectivity index (χ1) is 10.5. The van der Waals surface area contributed by atoms with Gasteiger partial charge in [-0.15, -0.1) is 0 Å². The van der Waals surface area contributed by atoms with Gasteiger partial charge in [0.25, 0.3) is 5.91 Å². The highest BCUT2D eigenvalue weighted by molar-refractivity contribution is 6.02. The zero-order valence-electron chi connectivity index (χ0n) is 13.8. The third-order valence-electron chi connectivity index (χ3n) is 4.74. The van der Waals surface area contributed by atoms with Crippen molar-refractivity contribution < 1.29 is 9.53 Å². The van der Waals surface area contributed by atoms with Gasteiger partial charge in [0.05, 0.1) is 5.69 Å². The minimum Gasteiger partial charge on any atom is -0.476 e. The van der Waals surface area contributed by atoms with Gasteiger partial charge in [0.2, 0.25) is 0 Å². The van der Waals surface area contributed by atoms with Crippen molar-refractivity contribution in [3.05, 3.63) is 23.8 Å². The van der Waals surface area contributed by atoms with E-state index in [1.807, 2.05) is 31.7 Å². The SMILES string of the molecule is CCN1C(=O)C(C)(C)Oc2ccc(CC3CCNCC3)cc21. The summed E-state index contributed by atoms with van der Waals surface area (Å²) in [5.41, 5.74) is 1.46. The van der Waals surface area contributed by atoms with Crippen LogP contribution in [-0.4, -0.2) is 31.1 Å². The van der Waals surface area contributed by atoms with Crippen LogP contribution in [0.15, 0.2) is 18.2 Å². The van der Waals surface area contributed by atoms with Gasteiger partial charge in [0.15, 0.2) is 5.60 Å². The summed E-state index contributed by atoms with van der Waals surface area (Å²) in [4.78, 5) is 14.4. The van der Waals surface area contributed by atoms with E-state index < -0.39 is 5.60 Å². The summed E-state index contributed by atoms with van der Waals surface area (Å²) in [5.74, 6) is 1.60. The number of rotatable bonds is 3. The first-order valence-corrected chi connectivity index (χ1v) is 8.36. The molecule has 0 saturated carbocycles. The van der Waals surface area contributed by atoms with Crippen LogP contribution in [0, 0.1) is 5.92 Å². The van der Waals surface area contributed by atoms with E-state index in [0.29, 0.717) is 6.54 Å². The number of nitrogens with one attached hydrogen (secondary N) is 1. The van der Waals surface area contributed by atoms with E-state index in [0.717, 1.165) is 36.9 Å². The first kappa shape index (κ1) is 15.3. The van der Waals surface area contributed by atoms with Crippen LogP contribution >= 0.6 is 0 Å². The van der Waals surface area contributed by atoms with E-state index in [4.69, 9.17) is 4.74 Å². The number of piperidine rings is 1. The van der Waals surface area contributed by atoms with Crippen LogP contribution in [0.3, 0.4) is 0 Å². The molecule has 4 nitrogen and oxygen atoms in total. The fourth-order valence-corrected chi connectivity index (χ4v) is 3.47. The molecule has 3 rings (SSSR count). The van der Waals surface area contributed by atoms with Crippen LogP contribution in [0.5, 0.6) is 5.75 Å². The molecule has 2 heterocycles. The Hall–Kier alpha value is -1.55. The number of carbonyl (C=O) groups excluding carboxylic acids is 1. The van der Waals surface area contributed by atoms with Crippen molar-refractivity contribution >= 4 is 11.6 Å². The van der Waals surface area contributed by atoms with Crippen LogP contribution in [0.1, 0.15) is 39.2 Å². The van der Waals surface area contributed by atoms with Gasteiger partial charge in [0, 0.05) is 6.54 Å². The normalized spacial score (nSPS) is 21.4. The monoisotopic (exact) mass is 302 g/mol. The molecule has 22 heavy (non-hydrogen) atoms. The lowest BCUT2D eigenvalue weighted by molar-refractivity contribution is -0.132. The summed E-state index contributed by atoms with van der Waals surface area (Å²) in [5, 5.41) is 3.41. The topological polar surface area (TPSA) is 41.6 Å². The van der Waals surface area contributed by atoms with Gasteiger partial charge in [-0.05, 0) is 76.7 Å². The Bertz CT molecular complexity index is 562. The van der Waals surface area contributed by atoms with Crippen molar-refractivity contribution in [3.63, 3.8) is 0 Å². The van der Waals surface area contributed by atoms with Crippen molar-refractivity contribution in [1.82, 2.24) is 5.32 Å². The number of ether oxygens (including phenoxy) is 1. The summed E-state index contributed by atoms with van der Waals surface area (Å²) in [7, 11) is 0. The van der Waals surface area contributed by atoms with E-state index in [2.05, 4.69) is 17.4 Å². The van der Waals surface area contributed by atoms with Crippen LogP contribution in [0.25, 0.3) is 0 Å². The minimum atomic E-state index is -0.778. The molecule has 1 aromatic rings. The molecule has 1 aromatic carbocycles. The minimum absolute atomic E-state index is 0.0431. The second-order valence-corrected chi connectivity index (χ2v) is 6.86. The number of carbonyl (C=O) groups is 1. The molecule has 0 bridgehead atoms. The average Bonchev–Trinajstić information content (AvgIpc) is 2.50. The van der Waals surface area contributed by atoms with E-state index in [1.54, 1.807) is 0 Å². The fraction of sp³-hybridized carbons (Fsp3) is 0.611. The zero-order chi connectivity index (χ0) is 15.7. The Morgan fingerprint density at radius 1 is 1.32 bits per heavy atom. The van der Waals surface area contributed by atoms with Gasteiger partial charge in [-0.3, -0.25) is 4.79 Å². The summed E-state index contributed by atoms with van der Waals surface area (Å²) in [6.07, 6.45) is 3.55. The lowest BCUT2D eigenvalue weighted by Gasteiger charge is -2.38. The third kappa shape index (κ3) is 2.84. The van der Waals surface area contributed by atoms with Crippen molar-refractivity contribution in [3.8, 4) is 5.75 Å². The highest BCUT2D eigenvalue weighted by Gasteiger charge is 2.40. The lowest BCUT2D eigenvalue weighted by atomic mass is 9.90. The molecule has 1 saturated heterocycles. The smallest absolute Gasteiger partial charge is 0.270 e. The Balaban J connectivity index is 1.86. The highest BCUT2D eigenvalue weighted by atomic mass is 16.5. The lowest BCUT2D eigenvalue weighted by Crippen LogP contribution is -2.52. The number of fused-ring (bicyclic) bond motifs is 1. The molecule has 0 aromatic heterocycles. The molecule has 0 unspecified atom stereocenters. The molecule has 2 aliphatic rings. The first-order valence-electron chi connectivity index (χ1n) is 8.36. The molecule has 4 heteroatoms. The number of hydrogen-bond acceptors (Lipinski definition) is 3. The van der Waals surface area contributed by atoms with Gasteiger partial charge in [-0.1, -0.05) is 6.07 Å². The fourth-order valence-electron chi connectivity index (χ4n) is 3.47. The third-order valence-corrected chi connectivity index (χ3v) is 4.74. The van der Waals surface area contributed by atoms with Gasteiger partial charge < -0.3 is 15.0 Å². The molecule has 1 N–H and O–H groups in total. The molecule has 0 aliphatic carbocycles. The molecular weight excluding hydrogens is 276 g/mol. The molecule has 1 fully saturated rings. The van der Waals surface area contributed by atoms with Gasteiger partial charge in [-0.25, -0.2) is 0 Å². The number of likely N-dealkylation sites (N-methyl/N-ethyl adjacent to an activating group) is 1. The maximum atomic E-state index is 12.5. The van der Waals surface area contributed by atoms with Crippen molar-refractivity contribution in [2.75, 3.05) is 24.5 Å². The second kappa shape index (κ2) is 5.92. The Morgan fingerprint density at radius 2 is 2.05 bits per heavy atom. The maximum absolute atomic E-state index is 12.5. The second-order valence-electron chi connectivity index (χ2n) is 6.86. The van der Waals surface area contributed by atoms with Crippen LogP contribution in [0.2, 0.25) is 0 Å². The van der Waals surface area contributed by atoms with Crippen molar-refractivity contribution in [2.45, 2.75) is 45.6 Å². The number of benzene rings is 1. The van der Waals surface area contributed by atoms with E-state index in [-0.39, 0.29) is 5.91 Å². The number of hydrogen-bond donors (Lipinski definition) is 1. The Kier molecular flexibility index (Phi) is 4.13. The predicted molar refractivity (Wildman–Crippen MR) is 88.5 cm³/mol. The van der Waals surface area contributed by atoms with Gasteiger partial charge in [-0.2, -0.15) is 0 Å². The highest BCUT2D eigenvalue weighted by Crippen LogP contribution is 2.38. The molecule has 1 amide bonds. The largest absolute Gasteiger partial charge is 0.476 e. The van der Waals surface area contributed by atoms with Gasteiger partial charge >= 0.3 is 0 Å². The summed E-state index contributed by atoms with van der Waals surface area (Å²) >= 11 is 0. The summed E-state index contributed by atoms with van der Waals surface area (Å²) in [6.45, 7) is 8.60. The summed E-state index contributed by atoms with van der Waals surface area (Å²) < 4.78 is 5.91. The molecule has 2 aliphatic heterocycles. The Labute approximate surface area is 132 Å². The average molecular weight is 302 g/mol. The van der Waals surface area contributed by atoms with Crippen molar-refractivity contribution in [2.24, 2.45) is 5.92 Å². The molecule has 0 atom stereocenters. The van der Waals surface area contributed by atoms with Crippen LogP contribution < -0.4 is 15.0 Å². The number of amides is 1. The standard InChI is InChI=1S/C18H26N2O2/c1-4-20-15-12-14(11-13-7-9-19-10-8-13)5-6-16(15)22-18(2,3)17(20)21/h5-6,12-13,19H,4,7-11H2,1-3H3. The molecule has 0 spiro atoms. The molecule has 0 radical (unpaired) electrons. The van der Waals surface area contributed by atoms with Crippen molar-refractivity contribution in [1.29, 1.82) is 0 Å². The molecular formula is C18H26N2O2. The number of anilines is 1. The summed E-state index contributed by atoms with van der Waals surface area (Å²) in [6, 6.07) is 6.33. The predicted octanol–water partition coefficient (Wildman–Crippen LogP) is 2.75.